The van der Waals surface area contributed by atoms with E-state index in [-0.39, 0.29) is 5.75 Å². The maximum atomic E-state index is 10.8. The summed E-state index contributed by atoms with van der Waals surface area (Å²) < 4.78 is 5.59. The molecule has 1 heterocycles. The van der Waals surface area contributed by atoms with Gasteiger partial charge < -0.3 is 14.9 Å². The molecule has 0 aliphatic rings. The molecule has 0 atom stereocenters. The van der Waals surface area contributed by atoms with Gasteiger partial charge in [0.15, 0.2) is 11.4 Å². The Bertz CT molecular complexity index is 829. The molecular formula is C16H11NO4. The minimum Gasteiger partial charge on any atom is -0.505 e. The Balaban J connectivity index is 1.91. The normalized spacial score (nSPS) is 10.5. The Labute approximate surface area is 120 Å². The lowest BCUT2D eigenvalue weighted by atomic mass is 10.1. The molecular weight excluding hydrogens is 270 g/mol. The van der Waals surface area contributed by atoms with E-state index >= 15 is 0 Å². The van der Waals surface area contributed by atoms with Crippen molar-refractivity contribution in [2.24, 2.45) is 0 Å². The van der Waals surface area contributed by atoms with Crippen LogP contribution in [0.25, 0.3) is 10.8 Å². The van der Waals surface area contributed by atoms with Gasteiger partial charge in [-0.05, 0) is 22.9 Å². The van der Waals surface area contributed by atoms with Gasteiger partial charge in [-0.2, -0.15) is 0 Å². The van der Waals surface area contributed by atoms with E-state index in [2.05, 4.69) is 4.98 Å². The lowest BCUT2D eigenvalue weighted by Gasteiger charge is -2.07. The zero-order valence-electron chi connectivity index (χ0n) is 10.9. The third-order valence-electron chi connectivity index (χ3n) is 3.00. The first-order valence-corrected chi connectivity index (χ1v) is 6.22. The minimum atomic E-state index is -1.29. The average molecular weight is 281 g/mol. The van der Waals surface area contributed by atoms with Gasteiger partial charge in [-0.25, -0.2) is 9.78 Å². The summed E-state index contributed by atoms with van der Waals surface area (Å²) >= 11 is 0. The summed E-state index contributed by atoms with van der Waals surface area (Å²) in [4.78, 5) is 14.4. The molecule has 2 N–H and O–H groups in total. The van der Waals surface area contributed by atoms with Crippen molar-refractivity contribution in [1.82, 2.24) is 4.98 Å². The van der Waals surface area contributed by atoms with E-state index in [0.29, 0.717) is 5.75 Å². The molecule has 0 unspecified atom stereocenters. The Hall–Kier alpha value is -3.08. The van der Waals surface area contributed by atoms with Gasteiger partial charge in [0.25, 0.3) is 0 Å². The van der Waals surface area contributed by atoms with Gasteiger partial charge in [-0.15, -0.1) is 0 Å². The summed E-state index contributed by atoms with van der Waals surface area (Å²) in [6.45, 7) is 0. The molecule has 0 aliphatic heterocycles. The number of benzene rings is 2. The molecule has 0 amide bonds. The van der Waals surface area contributed by atoms with Crippen molar-refractivity contribution in [2.45, 2.75) is 0 Å². The number of aromatic carboxylic acids is 1. The number of carboxylic acid groups (broad SMARTS) is 1. The van der Waals surface area contributed by atoms with Crippen molar-refractivity contribution in [2.75, 3.05) is 0 Å². The van der Waals surface area contributed by atoms with Crippen molar-refractivity contribution in [3.8, 4) is 17.2 Å². The Morgan fingerprint density at radius 3 is 2.48 bits per heavy atom. The van der Waals surface area contributed by atoms with E-state index in [1.54, 1.807) is 6.07 Å². The number of carbonyl (C=O) groups is 1. The van der Waals surface area contributed by atoms with Gasteiger partial charge in [0.05, 0.1) is 6.20 Å². The van der Waals surface area contributed by atoms with Crippen LogP contribution >= 0.6 is 0 Å². The molecule has 0 saturated heterocycles. The number of rotatable bonds is 3. The number of hydrogen-bond acceptors (Lipinski definition) is 4. The van der Waals surface area contributed by atoms with E-state index in [1.807, 2.05) is 36.4 Å². The van der Waals surface area contributed by atoms with Crippen LogP contribution in [0, 0.1) is 0 Å². The molecule has 5 nitrogen and oxygen atoms in total. The maximum Gasteiger partial charge on any atom is 0.358 e. The van der Waals surface area contributed by atoms with E-state index in [4.69, 9.17) is 9.84 Å². The monoisotopic (exact) mass is 281 g/mol. The van der Waals surface area contributed by atoms with E-state index in [0.717, 1.165) is 10.8 Å². The maximum absolute atomic E-state index is 10.8. The number of nitrogens with zero attached hydrogens (tertiary/aromatic N) is 1. The third kappa shape index (κ3) is 2.62. The number of carboxylic acids is 1. The van der Waals surface area contributed by atoms with Crippen LogP contribution in [-0.4, -0.2) is 21.2 Å². The number of fused-ring (bicyclic) bond motifs is 1. The van der Waals surface area contributed by atoms with Gasteiger partial charge in [-0.3, -0.25) is 0 Å². The van der Waals surface area contributed by atoms with Crippen LogP contribution in [-0.2, 0) is 0 Å². The van der Waals surface area contributed by atoms with Crippen molar-refractivity contribution < 1.29 is 19.7 Å². The molecule has 0 fully saturated rings. The fourth-order valence-corrected chi connectivity index (χ4v) is 2.02. The Morgan fingerprint density at radius 2 is 1.76 bits per heavy atom. The molecule has 0 saturated carbocycles. The van der Waals surface area contributed by atoms with Crippen LogP contribution in [0.15, 0.2) is 54.7 Å². The molecule has 104 valence electrons. The number of pyridine rings is 1. The fraction of sp³-hybridized carbons (Fsp3) is 0. The van der Waals surface area contributed by atoms with Crippen LogP contribution in [0.5, 0.6) is 17.2 Å². The lowest BCUT2D eigenvalue weighted by Crippen LogP contribution is -2.00. The first-order valence-electron chi connectivity index (χ1n) is 6.22. The van der Waals surface area contributed by atoms with E-state index < -0.39 is 17.4 Å². The standard InChI is InChI=1S/C16H11NO4/c18-14-8-13(9-17-15(14)16(19)20)21-12-6-5-10-3-1-2-4-11(10)7-12/h1-9,18H,(H,19,20). The number of aromatic hydroxyl groups is 1. The van der Waals surface area contributed by atoms with Gasteiger partial charge in [0, 0.05) is 6.07 Å². The SMILES string of the molecule is O=C(O)c1ncc(Oc2ccc3ccccc3c2)cc1O. The van der Waals surface area contributed by atoms with Crippen molar-refractivity contribution in [3.05, 3.63) is 60.4 Å². The number of ether oxygens (including phenoxy) is 1. The molecule has 0 spiro atoms. The summed E-state index contributed by atoms with van der Waals surface area (Å²) in [7, 11) is 0. The van der Waals surface area contributed by atoms with E-state index in [9.17, 15) is 9.90 Å². The highest BCUT2D eigenvalue weighted by atomic mass is 16.5. The summed E-state index contributed by atoms with van der Waals surface area (Å²) in [5, 5.41) is 20.5. The molecule has 0 radical (unpaired) electrons. The predicted molar refractivity (Wildman–Crippen MR) is 76.9 cm³/mol. The molecule has 0 bridgehead atoms. The minimum absolute atomic E-state index is 0.271. The van der Waals surface area contributed by atoms with Gasteiger partial charge in [0.2, 0.25) is 0 Å². The second kappa shape index (κ2) is 5.13. The van der Waals surface area contributed by atoms with Gasteiger partial charge >= 0.3 is 5.97 Å². The first kappa shape index (κ1) is 12.9. The number of hydrogen-bond donors (Lipinski definition) is 2. The summed E-state index contributed by atoms with van der Waals surface area (Å²) in [6, 6.07) is 14.6. The molecule has 2 aromatic carbocycles. The van der Waals surface area contributed by atoms with Crippen molar-refractivity contribution in [3.63, 3.8) is 0 Å². The number of aromatic nitrogens is 1. The topological polar surface area (TPSA) is 79.7 Å². The van der Waals surface area contributed by atoms with Gasteiger partial charge in [0.1, 0.15) is 11.5 Å². The van der Waals surface area contributed by atoms with Crippen molar-refractivity contribution >= 4 is 16.7 Å². The van der Waals surface area contributed by atoms with Crippen LogP contribution in [0.3, 0.4) is 0 Å². The van der Waals surface area contributed by atoms with E-state index in [1.165, 1.54) is 12.3 Å². The molecule has 21 heavy (non-hydrogen) atoms. The summed E-state index contributed by atoms with van der Waals surface area (Å²) in [5.74, 6) is -0.865. The van der Waals surface area contributed by atoms with Crippen LogP contribution in [0.1, 0.15) is 10.5 Å². The second-order valence-corrected chi connectivity index (χ2v) is 4.45. The zero-order chi connectivity index (χ0) is 14.8. The molecule has 3 aromatic rings. The molecule has 0 aliphatic carbocycles. The van der Waals surface area contributed by atoms with Crippen LogP contribution in [0.4, 0.5) is 0 Å². The van der Waals surface area contributed by atoms with Crippen LogP contribution < -0.4 is 4.74 Å². The predicted octanol–water partition coefficient (Wildman–Crippen LogP) is 3.43. The Kier molecular flexibility index (Phi) is 3.16. The summed E-state index contributed by atoms with van der Waals surface area (Å²) in [6.07, 6.45) is 1.26. The molecule has 1 aromatic heterocycles. The molecule has 5 heteroatoms. The quantitative estimate of drug-likeness (QED) is 0.768. The highest BCUT2D eigenvalue weighted by molar-refractivity contribution is 5.88. The fourth-order valence-electron chi connectivity index (χ4n) is 2.02. The first-order chi connectivity index (χ1) is 10.1. The highest BCUT2D eigenvalue weighted by Gasteiger charge is 2.12. The largest absolute Gasteiger partial charge is 0.505 e. The third-order valence-corrected chi connectivity index (χ3v) is 3.00. The summed E-state index contributed by atoms with van der Waals surface area (Å²) in [5.41, 5.74) is -0.402. The average Bonchev–Trinajstić information content (AvgIpc) is 2.47. The zero-order valence-corrected chi connectivity index (χ0v) is 10.9. The van der Waals surface area contributed by atoms with Crippen molar-refractivity contribution in [1.29, 1.82) is 0 Å². The van der Waals surface area contributed by atoms with Crippen LogP contribution in [0.2, 0.25) is 0 Å². The Morgan fingerprint density at radius 1 is 1.00 bits per heavy atom. The van der Waals surface area contributed by atoms with Gasteiger partial charge in [-0.1, -0.05) is 30.3 Å². The smallest absolute Gasteiger partial charge is 0.358 e. The molecule has 3 rings (SSSR count). The second-order valence-electron chi connectivity index (χ2n) is 4.45. The lowest BCUT2D eigenvalue weighted by molar-refractivity contribution is 0.0687. The highest BCUT2D eigenvalue weighted by Crippen LogP contribution is 2.28.